The van der Waals surface area contributed by atoms with E-state index >= 15 is 0 Å². The predicted octanol–water partition coefficient (Wildman–Crippen LogP) is 4.75. The molecule has 2 amide bonds. The van der Waals surface area contributed by atoms with Crippen molar-refractivity contribution in [2.24, 2.45) is 0 Å². The summed E-state index contributed by atoms with van der Waals surface area (Å²) in [4.78, 5) is 48.3. The molecule has 2 aromatic rings. The van der Waals surface area contributed by atoms with E-state index in [1.807, 2.05) is 41.5 Å². The average Bonchev–Trinajstić information content (AvgIpc) is 3.57. The first-order valence-corrected chi connectivity index (χ1v) is 15.6. The summed E-state index contributed by atoms with van der Waals surface area (Å²) in [5.41, 5.74) is -0.857. The Labute approximate surface area is 258 Å². The molecule has 4 heterocycles. The molecule has 41 heavy (non-hydrogen) atoms. The number of anilines is 1. The number of rotatable bonds is 3. The number of aromatic nitrogens is 2. The van der Waals surface area contributed by atoms with Gasteiger partial charge in [-0.25, -0.2) is 19.6 Å². The highest BCUT2D eigenvalue weighted by molar-refractivity contribution is 9.11. The van der Waals surface area contributed by atoms with Crippen LogP contribution in [0.15, 0.2) is 16.3 Å². The molecule has 2 aliphatic rings. The van der Waals surface area contributed by atoms with E-state index < -0.39 is 5.60 Å². The van der Waals surface area contributed by atoms with Gasteiger partial charge in [-0.15, -0.1) is 0 Å². The maximum Gasteiger partial charge on any atom is 0.410 e. The number of carbonyl (C=O) groups excluding carboxylic acids is 3. The molecule has 1 N–H and O–H groups in total. The van der Waals surface area contributed by atoms with E-state index in [0.29, 0.717) is 31.1 Å². The number of halogens is 1. The summed E-state index contributed by atoms with van der Waals surface area (Å²) in [6.07, 6.45) is 3.58. The van der Waals surface area contributed by atoms with Gasteiger partial charge in [-0.2, -0.15) is 0 Å². The monoisotopic (exact) mass is 676 g/mol. The highest BCUT2D eigenvalue weighted by atomic mass is 79.9. The first kappa shape index (κ1) is 34.7. The van der Waals surface area contributed by atoms with E-state index in [2.05, 4.69) is 36.1 Å². The van der Waals surface area contributed by atoms with Crippen molar-refractivity contribution in [3.05, 3.63) is 21.2 Å². The van der Waals surface area contributed by atoms with E-state index in [9.17, 15) is 14.4 Å². The molecular formula is C26H41BrN6O6S2. The summed E-state index contributed by atoms with van der Waals surface area (Å²) in [6, 6.07) is 0. The molecule has 2 aromatic heterocycles. The third-order valence-corrected chi connectivity index (χ3v) is 7.68. The zero-order valence-electron chi connectivity index (χ0n) is 24.8. The highest BCUT2D eigenvalue weighted by Crippen LogP contribution is 2.25. The van der Waals surface area contributed by atoms with Crippen molar-refractivity contribution in [2.45, 2.75) is 52.7 Å². The zero-order valence-corrected chi connectivity index (χ0v) is 28.0. The molecule has 15 heteroatoms. The smallest absolute Gasteiger partial charge is 0.410 e. The van der Waals surface area contributed by atoms with Crippen molar-refractivity contribution in [1.29, 1.82) is 0 Å². The minimum atomic E-state index is -0.470. The van der Waals surface area contributed by atoms with Gasteiger partial charge in [-0.05, 0) is 57.5 Å². The number of hydrogen-bond donors (Lipinski definition) is 1. The van der Waals surface area contributed by atoms with Crippen LogP contribution in [0.5, 0.6) is 5.06 Å². The van der Waals surface area contributed by atoms with E-state index in [4.69, 9.17) is 14.2 Å². The third-order valence-electron chi connectivity index (χ3n) is 5.26. The molecule has 2 aliphatic heterocycles. The first-order valence-electron chi connectivity index (χ1n) is 13.2. The Hall–Kier alpha value is -2.49. The van der Waals surface area contributed by atoms with Crippen LogP contribution in [-0.4, -0.2) is 109 Å². The maximum absolute atomic E-state index is 11.9. The van der Waals surface area contributed by atoms with Gasteiger partial charge in [0.1, 0.15) is 11.2 Å². The van der Waals surface area contributed by atoms with Crippen LogP contribution in [0.4, 0.5) is 14.7 Å². The lowest BCUT2D eigenvalue weighted by atomic mass is 10.2. The molecule has 0 radical (unpaired) electrons. The van der Waals surface area contributed by atoms with Crippen molar-refractivity contribution in [2.75, 3.05) is 64.4 Å². The second-order valence-electron chi connectivity index (χ2n) is 11.0. The van der Waals surface area contributed by atoms with E-state index in [1.165, 1.54) is 22.7 Å². The van der Waals surface area contributed by atoms with Crippen molar-refractivity contribution in [3.8, 4) is 5.06 Å². The van der Waals surface area contributed by atoms with Crippen LogP contribution in [0.2, 0.25) is 0 Å². The maximum atomic E-state index is 11.9. The Kier molecular flexibility index (Phi) is 13.7. The van der Waals surface area contributed by atoms with Gasteiger partial charge in [-0.1, -0.05) is 22.7 Å². The number of aldehydes is 1. The summed E-state index contributed by atoms with van der Waals surface area (Å²) >= 11 is 6.04. The summed E-state index contributed by atoms with van der Waals surface area (Å²) in [7, 11) is 1.62. The zero-order chi connectivity index (χ0) is 30.6. The van der Waals surface area contributed by atoms with Crippen LogP contribution in [0.3, 0.4) is 0 Å². The Morgan fingerprint density at radius 1 is 0.878 bits per heavy atom. The molecule has 230 valence electrons. The molecule has 0 saturated carbocycles. The fraction of sp³-hybridized carbons (Fsp3) is 0.654. The SMILES string of the molecule is CC(C)(C)OC(=O)N1CCN(c2ncc(C=O)s2)CC1.CC(C)(C)OC(=O)N1CCNCC1.COc1cnc(Br)s1. The van der Waals surface area contributed by atoms with Crippen LogP contribution in [0, 0.1) is 0 Å². The van der Waals surface area contributed by atoms with E-state index in [1.54, 1.807) is 29.3 Å². The molecule has 0 aliphatic carbocycles. The first-order chi connectivity index (χ1) is 19.2. The van der Waals surface area contributed by atoms with Crippen LogP contribution >= 0.6 is 38.6 Å². The molecule has 4 rings (SSSR count). The lowest BCUT2D eigenvalue weighted by molar-refractivity contribution is 0.0223. The van der Waals surface area contributed by atoms with Gasteiger partial charge in [0.05, 0.1) is 24.4 Å². The van der Waals surface area contributed by atoms with Gasteiger partial charge < -0.3 is 34.2 Å². The fourth-order valence-electron chi connectivity index (χ4n) is 3.39. The van der Waals surface area contributed by atoms with Crippen LogP contribution in [0.25, 0.3) is 0 Å². The van der Waals surface area contributed by atoms with Crippen LogP contribution in [0.1, 0.15) is 51.2 Å². The second kappa shape index (κ2) is 16.2. The molecule has 0 bridgehead atoms. The number of hydrogen-bond acceptors (Lipinski definition) is 12. The van der Waals surface area contributed by atoms with Gasteiger partial charge >= 0.3 is 12.2 Å². The van der Waals surface area contributed by atoms with Crippen LogP contribution in [-0.2, 0) is 9.47 Å². The Bertz CT molecular complexity index is 1100. The van der Waals surface area contributed by atoms with E-state index in [0.717, 1.165) is 46.6 Å². The standard InChI is InChI=1S/C13H19N3O3S.C9H18N2O2.C4H4BrNOS/c1-13(2,3)19-12(18)16-6-4-15(5-7-16)11-14-8-10(9-17)20-11;1-9(2,3)13-8(12)11-6-4-10-5-7-11;1-7-3-2-6-4(5)8-3/h8-9H,4-7H2,1-3H3;10H,4-7H2,1-3H3;2H,1H3. The number of nitrogens with one attached hydrogen (secondary N) is 1. The summed E-state index contributed by atoms with van der Waals surface area (Å²) in [5, 5.41) is 4.84. The van der Waals surface area contributed by atoms with E-state index in [-0.39, 0.29) is 17.8 Å². The Balaban J connectivity index is 0.000000239. The van der Waals surface area contributed by atoms with Crippen molar-refractivity contribution < 1.29 is 28.6 Å². The molecule has 2 fully saturated rings. The fourth-order valence-corrected chi connectivity index (χ4v) is 5.21. The molecule has 12 nitrogen and oxygen atoms in total. The Morgan fingerprint density at radius 3 is 1.80 bits per heavy atom. The molecular weight excluding hydrogens is 636 g/mol. The number of nitrogens with zero attached hydrogens (tertiary/aromatic N) is 5. The molecule has 0 unspecified atom stereocenters. The van der Waals surface area contributed by atoms with Gasteiger partial charge in [0.2, 0.25) is 0 Å². The van der Waals surface area contributed by atoms with Gasteiger partial charge in [0, 0.05) is 52.4 Å². The lowest BCUT2D eigenvalue weighted by Gasteiger charge is -2.35. The number of piperazine rings is 2. The molecule has 0 aromatic carbocycles. The van der Waals surface area contributed by atoms with Crippen molar-refractivity contribution in [1.82, 2.24) is 25.1 Å². The number of amides is 2. The summed E-state index contributed by atoms with van der Waals surface area (Å²) < 4.78 is 16.3. The van der Waals surface area contributed by atoms with Crippen molar-refractivity contribution >= 4 is 62.2 Å². The minimum absolute atomic E-state index is 0.200. The quantitative estimate of drug-likeness (QED) is 0.455. The van der Waals surface area contributed by atoms with Gasteiger partial charge in [0.15, 0.2) is 20.4 Å². The normalized spacial score (nSPS) is 15.6. The van der Waals surface area contributed by atoms with Crippen molar-refractivity contribution in [3.63, 3.8) is 0 Å². The molecule has 0 spiro atoms. The molecule has 2 saturated heterocycles. The van der Waals surface area contributed by atoms with Gasteiger partial charge in [-0.3, -0.25) is 4.79 Å². The number of thiazole rings is 2. The number of ether oxygens (including phenoxy) is 3. The minimum Gasteiger partial charge on any atom is -0.486 e. The highest BCUT2D eigenvalue weighted by Gasteiger charge is 2.27. The Morgan fingerprint density at radius 2 is 1.41 bits per heavy atom. The topological polar surface area (TPSA) is 126 Å². The summed E-state index contributed by atoms with van der Waals surface area (Å²) in [6.45, 7) is 17.0. The lowest BCUT2D eigenvalue weighted by Crippen LogP contribution is -2.50. The average molecular weight is 678 g/mol. The largest absolute Gasteiger partial charge is 0.486 e. The van der Waals surface area contributed by atoms with Crippen LogP contribution < -0.4 is 15.0 Å². The number of carbonyl (C=O) groups is 3. The van der Waals surface area contributed by atoms with Gasteiger partial charge in [0.25, 0.3) is 0 Å². The third kappa shape index (κ3) is 13.4. The summed E-state index contributed by atoms with van der Waals surface area (Å²) in [5.74, 6) is 0. The number of methoxy groups -OCH3 is 1. The predicted molar refractivity (Wildman–Crippen MR) is 165 cm³/mol. The second-order valence-corrected chi connectivity index (χ2v) is 14.3. The molecule has 0 atom stereocenters.